The Balaban J connectivity index is 1.99. The lowest BCUT2D eigenvalue weighted by Crippen LogP contribution is -2.38. The molecule has 1 aliphatic rings. The summed E-state index contributed by atoms with van der Waals surface area (Å²) < 4.78 is 1.52. The number of imidazole rings is 1. The number of benzene rings is 1. The summed E-state index contributed by atoms with van der Waals surface area (Å²) in [4.78, 5) is 18.1. The van der Waals surface area contributed by atoms with Gasteiger partial charge in [0.05, 0.1) is 0 Å². The molecule has 0 bridgehead atoms. The number of carbonyl (C=O) groups excluding carboxylic acids is 1. The lowest BCUT2D eigenvalue weighted by molar-refractivity contribution is 0.247. The minimum atomic E-state index is -0.0303. The monoisotopic (exact) mass is 241 g/mol. The number of amides is 1. The van der Waals surface area contributed by atoms with E-state index in [0.717, 1.165) is 25.1 Å². The van der Waals surface area contributed by atoms with Gasteiger partial charge in [0, 0.05) is 24.6 Å². The lowest BCUT2D eigenvalue weighted by Gasteiger charge is -2.29. The Bertz CT molecular complexity index is 575. The molecule has 0 unspecified atom stereocenters. The third kappa shape index (κ3) is 1.79. The van der Waals surface area contributed by atoms with E-state index in [0.29, 0.717) is 0 Å². The molecule has 4 nitrogen and oxygen atoms in total. The van der Waals surface area contributed by atoms with Crippen LogP contribution in [0.3, 0.4) is 0 Å². The van der Waals surface area contributed by atoms with Crippen molar-refractivity contribution >= 4 is 11.7 Å². The maximum atomic E-state index is 12.4. The number of nitrogens with zero attached hydrogens (tertiary/aromatic N) is 3. The van der Waals surface area contributed by atoms with Crippen LogP contribution in [0, 0.1) is 6.92 Å². The van der Waals surface area contributed by atoms with Crippen LogP contribution in [0.4, 0.5) is 10.5 Å². The number of aryl methyl sites for hydroxylation is 2. The first kappa shape index (κ1) is 11.0. The molecular formula is C14H15N3O. The quantitative estimate of drug-likeness (QED) is 0.711. The lowest BCUT2D eigenvalue weighted by atomic mass is 10.00. The van der Waals surface area contributed by atoms with Crippen molar-refractivity contribution in [3.05, 3.63) is 48.0 Å². The molecule has 1 amide bonds. The largest absolute Gasteiger partial charge is 0.333 e. The van der Waals surface area contributed by atoms with E-state index in [1.165, 1.54) is 15.7 Å². The molecule has 18 heavy (non-hydrogen) atoms. The Morgan fingerprint density at radius 3 is 3.06 bits per heavy atom. The van der Waals surface area contributed by atoms with Gasteiger partial charge >= 0.3 is 6.03 Å². The van der Waals surface area contributed by atoms with Crippen molar-refractivity contribution < 1.29 is 4.79 Å². The zero-order valence-electron chi connectivity index (χ0n) is 10.3. The Morgan fingerprint density at radius 1 is 1.39 bits per heavy atom. The van der Waals surface area contributed by atoms with Gasteiger partial charge in [-0.3, -0.25) is 9.47 Å². The Labute approximate surface area is 106 Å². The summed E-state index contributed by atoms with van der Waals surface area (Å²) in [7, 11) is 0. The smallest absolute Gasteiger partial charge is 0.293 e. The highest BCUT2D eigenvalue weighted by Crippen LogP contribution is 2.28. The van der Waals surface area contributed by atoms with E-state index in [4.69, 9.17) is 0 Å². The molecule has 4 heteroatoms. The normalized spacial score (nSPS) is 14.4. The zero-order chi connectivity index (χ0) is 12.5. The molecule has 1 aromatic heterocycles. The minimum Gasteiger partial charge on any atom is -0.293 e. The summed E-state index contributed by atoms with van der Waals surface area (Å²) >= 11 is 0. The van der Waals surface area contributed by atoms with Crippen LogP contribution in [0.25, 0.3) is 0 Å². The standard InChI is InChI=1S/C14H15N3O/c1-11-4-5-13-12(9-11)3-2-7-17(13)14(18)16-8-6-15-10-16/h4-6,8-10H,2-3,7H2,1H3. The van der Waals surface area contributed by atoms with Crippen LogP contribution >= 0.6 is 0 Å². The molecule has 92 valence electrons. The zero-order valence-corrected chi connectivity index (χ0v) is 10.3. The molecule has 2 aromatic rings. The fourth-order valence-corrected chi connectivity index (χ4v) is 2.44. The van der Waals surface area contributed by atoms with Gasteiger partial charge in [0.15, 0.2) is 0 Å². The molecule has 1 aliphatic heterocycles. The molecule has 1 aromatic carbocycles. The van der Waals surface area contributed by atoms with Crippen molar-refractivity contribution in [2.24, 2.45) is 0 Å². The van der Waals surface area contributed by atoms with Crippen LogP contribution in [0.15, 0.2) is 36.9 Å². The van der Waals surface area contributed by atoms with E-state index in [9.17, 15) is 4.79 Å². The molecule has 0 spiro atoms. The first-order valence-corrected chi connectivity index (χ1v) is 6.15. The van der Waals surface area contributed by atoms with Gasteiger partial charge in [-0.1, -0.05) is 17.7 Å². The van der Waals surface area contributed by atoms with E-state index in [1.807, 2.05) is 11.0 Å². The van der Waals surface area contributed by atoms with Crippen LogP contribution in [0.5, 0.6) is 0 Å². The van der Waals surface area contributed by atoms with Gasteiger partial charge in [-0.15, -0.1) is 0 Å². The Hall–Kier alpha value is -2.10. The molecule has 0 saturated carbocycles. The number of hydrogen-bond acceptors (Lipinski definition) is 2. The van der Waals surface area contributed by atoms with E-state index < -0.39 is 0 Å². The average molecular weight is 241 g/mol. The predicted molar refractivity (Wildman–Crippen MR) is 69.9 cm³/mol. The van der Waals surface area contributed by atoms with Crippen molar-refractivity contribution in [1.29, 1.82) is 0 Å². The Morgan fingerprint density at radius 2 is 2.28 bits per heavy atom. The van der Waals surface area contributed by atoms with Gasteiger partial charge < -0.3 is 0 Å². The maximum absolute atomic E-state index is 12.4. The number of aromatic nitrogens is 2. The molecule has 2 heterocycles. The van der Waals surface area contributed by atoms with Crippen molar-refractivity contribution in [3.8, 4) is 0 Å². The van der Waals surface area contributed by atoms with Crippen LogP contribution in [-0.2, 0) is 6.42 Å². The second-order valence-electron chi connectivity index (χ2n) is 4.64. The number of hydrogen-bond donors (Lipinski definition) is 0. The van der Waals surface area contributed by atoms with Crippen LogP contribution < -0.4 is 4.90 Å². The molecule has 0 N–H and O–H groups in total. The van der Waals surface area contributed by atoms with E-state index in [-0.39, 0.29) is 6.03 Å². The first-order chi connectivity index (χ1) is 8.75. The second-order valence-corrected chi connectivity index (χ2v) is 4.64. The second kappa shape index (κ2) is 4.29. The Kier molecular flexibility index (Phi) is 2.63. The first-order valence-electron chi connectivity index (χ1n) is 6.15. The van der Waals surface area contributed by atoms with Crippen molar-refractivity contribution in [2.45, 2.75) is 19.8 Å². The third-order valence-electron chi connectivity index (χ3n) is 3.31. The number of fused-ring (bicyclic) bond motifs is 1. The predicted octanol–water partition coefficient (Wildman–Crippen LogP) is 2.61. The van der Waals surface area contributed by atoms with E-state index in [1.54, 1.807) is 18.7 Å². The summed E-state index contributed by atoms with van der Waals surface area (Å²) in [6.07, 6.45) is 6.91. The third-order valence-corrected chi connectivity index (χ3v) is 3.31. The van der Waals surface area contributed by atoms with E-state index in [2.05, 4.69) is 24.0 Å². The van der Waals surface area contributed by atoms with Crippen molar-refractivity contribution in [1.82, 2.24) is 9.55 Å². The maximum Gasteiger partial charge on any atom is 0.333 e. The summed E-state index contributed by atoms with van der Waals surface area (Å²) in [5.41, 5.74) is 3.53. The fraction of sp³-hybridized carbons (Fsp3) is 0.286. The summed E-state index contributed by atoms with van der Waals surface area (Å²) in [5, 5.41) is 0. The topological polar surface area (TPSA) is 38.1 Å². The van der Waals surface area contributed by atoms with Crippen LogP contribution in [-0.4, -0.2) is 22.1 Å². The molecule has 0 atom stereocenters. The van der Waals surface area contributed by atoms with E-state index >= 15 is 0 Å². The van der Waals surface area contributed by atoms with Gasteiger partial charge in [-0.05, 0) is 31.4 Å². The van der Waals surface area contributed by atoms with Gasteiger partial charge in [0.25, 0.3) is 0 Å². The molecular weight excluding hydrogens is 226 g/mol. The van der Waals surface area contributed by atoms with Gasteiger partial charge in [0.1, 0.15) is 6.33 Å². The van der Waals surface area contributed by atoms with Gasteiger partial charge in [-0.2, -0.15) is 0 Å². The number of carbonyl (C=O) groups is 1. The summed E-state index contributed by atoms with van der Waals surface area (Å²) in [6.45, 7) is 2.85. The average Bonchev–Trinajstić information content (AvgIpc) is 2.90. The van der Waals surface area contributed by atoms with Gasteiger partial charge in [0.2, 0.25) is 0 Å². The highest BCUT2D eigenvalue weighted by molar-refractivity contribution is 5.94. The molecule has 0 radical (unpaired) electrons. The van der Waals surface area contributed by atoms with Crippen LogP contribution in [0.2, 0.25) is 0 Å². The number of anilines is 1. The number of rotatable bonds is 0. The summed E-state index contributed by atoms with van der Waals surface area (Å²) in [6, 6.07) is 6.23. The molecule has 0 fully saturated rings. The SMILES string of the molecule is Cc1ccc2c(c1)CCCN2C(=O)n1ccnc1. The highest BCUT2D eigenvalue weighted by atomic mass is 16.2. The van der Waals surface area contributed by atoms with Crippen LogP contribution in [0.1, 0.15) is 17.5 Å². The minimum absolute atomic E-state index is 0.0303. The molecule has 3 rings (SSSR count). The molecule has 0 aliphatic carbocycles. The van der Waals surface area contributed by atoms with Crippen molar-refractivity contribution in [2.75, 3.05) is 11.4 Å². The van der Waals surface area contributed by atoms with Crippen molar-refractivity contribution in [3.63, 3.8) is 0 Å². The molecule has 0 saturated heterocycles. The summed E-state index contributed by atoms with van der Waals surface area (Å²) in [5.74, 6) is 0. The highest BCUT2D eigenvalue weighted by Gasteiger charge is 2.23. The fourth-order valence-electron chi connectivity index (χ4n) is 2.44. The van der Waals surface area contributed by atoms with Gasteiger partial charge in [-0.25, -0.2) is 9.78 Å².